The Labute approximate surface area is 140 Å². The zero-order valence-electron chi connectivity index (χ0n) is 13.6. The Morgan fingerprint density at radius 1 is 1.17 bits per heavy atom. The van der Waals surface area contributed by atoms with Crippen LogP contribution in [0.5, 0.6) is 0 Å². The highest BCUT2D eigenvalue weighted by Gasteiger charge is 2.25. The van der Waals surface area contributed by atoms with Crippen molar-refractivity contribution in [2.75, 3.05) is 26.2 Å². The van der Waals surface area contributed by atoms with Gasteiger partial charge in [0.05, 0.1) is 0 Å². The van der Waals surface area contributed by atoms with Gasteiger partial charge in [-0.1, -0.05) is 24.3 Å². The molecule has 1 aromatic rings. The quantitative estimate of drug-likeness (QED) is 0.855. The summed E-state index contributed by atoms with van der Waals surface area (Å²) >= 11 is 0. The topological polar surface area (TPSA) is 27.6 Å². The molecule has 5 heteroatoms. The number of amidine groups is 1. The molecule has 0 spiro atoms. The first kappa shape index (κ1) is 15.5. The van der Waals surface area contributed by atoms with Gasteiger partial charge in [-0.3, -0.25) is 0 Å². The minimum Gasteiger partial charge on any atom is -0.354 e. The summed E-state index contributed by atoms with van der Waals surface area (Å²) in [7, 11) is 0. The Morgan fingerprint density at radius 3 is 2.79 bits per heavy atom. The van der Waals surface area contributed by atoms with Crippen molar-refractivity contribution in [3.63, 3.8) is 0 Å². The van der Waals surface area contributed by atoms with E-state index in [1.54, 1.807) is 12.1 Å². The smallest absolute Gasteiger partial charge is 0.263 e. The third kappa shape index (κ3) is 2.88. The molecule has 4 rings (SSSR count). The maximum atomic E-state index is 13.1. The summed E-state index contributed by atoms with van der Waals surface area (Å²) in [6, 6.07) is 5.04. The number of nitrogens with one attached hydrogen (secondary N) is 1. The minimum absolute atomic E-state index is 0.0947. The number of allylic oxidation sites excluding steroid dienone is 4. The van der Waals surface area contributed by atoms with Crippen LogP contribution in [0.3, 0.4) is 0 Å². The van der Waals surface area contributed by atoms with Crippen molar-refractivity contribution in [2.45, 2.75) is 25.7 Å². The number of benzene rings is 1. The molecule has 1 aliphatic carbocycles. The molecule has 1 fully saturated rings. The molecule has 0 unspecified atom stereocenters. The lowest BCUT2D eigenvalue weighted by Gasteiger charge is -2.31. The van der Waals surface area contributed by atoms with Crippen LogP contribution in [0.4, 0.5) is 8.78 Å². The number of alkyl halides is 2. The summed E-state index contributed by atoms with van der Waals surface area (Å²) in [4.78, 5) is 7.28. The standard InChI is InChI=1S/C19H21F2N3/c20-18(21)14-5-6-16-15(12-14)11-13-3-1-2-4-17(13)23-19(16)24-9-7-22-8-10-24/h1,3,5-6,12,18,22H,2,4,7-11H2. The fourth-order valence-corrected chi connectivity index (χ4v) is 3.62. The normalized spacial score (nSPS) is 20.6. The average Bonchev–Trinajstić information content (AvgIpc) is 2.78. The monoisotopic (exact) mass is 329 g/mol. The molecule has 0 saturated carbocycles. The fraction of sp³-hybridized carbons (Fsp3) is 0.421. The molecule has 0 bridgehead atoms. The average molecular weight is 329 g/mol. The zero-order valence-corrected chi connectivity index (χ0v) is 13.6. The van der Waals surface area contributed by atoms with Gasteiger partial charge in [-0.25, -0.2) is 13.8 Å². The second kappa shape index (κ2) is 6.48. The molecule has 126 valence electrons. The number of fused-ring (bicyclic) bond motifs is 1. The Kier molecular flexibility index (Phi) is 4.19. The summed E-state index contributed by atoms with van der Waals surface area (Å²) in [5, 5.41) is 3.35. The van der Waals surface area contributed by atoms with Gasteiger partial charge in [-0.2, -0.15) is 0 Å². The van der Waals surface area contributed by atoms with E-state index in [0.717, 1.165) is 61.7 Å². The van der Waals surface area contributed by atoms with Gasteiger partial charge in [0.1, 0.15) is 5.84 Å². The number of hydrogen-bond donors (Lipinski definition) is 1. The summed E-state index contributed by atoms with van der Waals surface area (Å²) in [6.07, 6.45) is 4.43. The maximum absolute atomic E-state index is 13.1. The Bertz CT molecular complexity index is 728. The van der Waals surface area contributed by atoms with Crippen molar-refractivity contribution in [1.29, 1.82) is 0 Å². The molecule has 1 aromatic carbocycles. The van der Waals surface area contributed by atoms with Crippen LogP contribution in [0.25, 0.3) is 0 Å². The molecule has 2 aliphatic heterocycles. The van der Waals surface area contributed by atoms with Crippen LogP contribution in [-0.2, 0) is 6.42 Å². The van der Waals surface area contributed by atoms with Gasteiger partial charge in [-0.05, 0) is 36.5 Å². The van der Waals surface area contributed by atoms with Gasteiger partial charge in [-0.15, -0.1) is 0 Å². The SMILES string of the molecule is FC(F)c1ccc2c(c1)CC1=C(CCC=C1)N=C2N1CCNCC1. The number of nitrogens with zero attached hydrogens (tertiary/aromatic N) is 2. The van der Waals surface area contributed by atoms with Crippen molar-refractivity contribution < 1.29 is 8.78 Å². The number of hydrogen-bond acceptors (Lipinski definition) is 3. The molecule has 3 nitrogen and oxygen atoms in total. The Balaban J connectivity index is 1.82. The lowest BCUT2D eigenvalue weighted by molar-refractivity contribution is 0.151. The van der Waals surface area contributed by atoms with Gasteiger partial charge >= 0.3 is 0 Å². The van der Waals surface area contributed by atoms with Gasteiger partial charge in [0.15, 0.2) is 0 Å². The van der Waals surface area contributed by atoms with E-state index in [0.29, 0.717) is 6.42 Å². The first-order valence-electron chi connectivity index (χ1n) is 8.56. The fourth-order valence-electron chi connectivity index (χ4n) is 3.62. The molecule has 0 atom stereocenters. The Hall–Kier alpha value is -2.01. The lowest BCUT2D eigenvalue weighted by Crippen LogP contribution is -2.47. The van der Waals surface area contributed by atoms with Gasteiger partial charge in [0, 0.05) is 43.0 Å². The summed E-state index contributed by atoms with van der Waals surface area (Å²) < 4.78 is 26.3. The molecule has 0 amide bonds. The van der Waals surface area contributed by atoms with Crippen molar-refractivity contribution in [1.82, 2.24) is 10.2 Å². The highest BCUT2D eigenvalue weighted by Crippen LogP contribution is 2.32. The molecule has 3 aliphatic rings. The summed E-state index contributed by atoms with van der Waals surface area (Å²) in [5.74, 6) is 0.951. The van der Waals surface area contributed by atoms with Crippen molar-refractivity contribution in [2.24, 2.45) is 4.99 Å². The van der Waals surface area contributed by atoms with Crippen molar-refractivity contribution >= 4 is 5.84 Å². The number of piperazine rings is 1. The summed E-state index contributed by atoms with van der Waals surface area (Å²) in [6.45, 7) is 3.64. The van der Waals surface area contributed by atoms with Gasteiger partial charge < -0.3 is 10.2 Å². The van der Waals surface area contributed by atoms with Crippen LogP contribution in [-0.4, -0.2) is 36.9 Å². The third-order valence-corrected chi connectivity index (χ3v) is 4.90. The van der Waals surface area contributed by atoms with Gasteiger partial charge in [0.2, 0.25) is 0 Å². The first-order chi connectivity index (χ1) is 11.7. The van der Waals surface area contributed by atoms with Crippen LogP contribution < -0.4 is 5.32 Å². The van der Waals surface area contributed by atoms with E-state index < -0.39 is 6.43 Å². The highest BCUT2D eigenvalue weighted by molar-refractivity contribution is 6.01. The molecule has 1 saturated heterocycles. The van der Waals surface area contributed by atoms with E-state index >= 15 is 0 Å². The number of halogens is 2. The molecule has 2 heterocycles. The largest absolute Gasteiger partial charge is 0.354 e. The number of rotatable bonds is 1. The van der Waals surface area contributed by atoms with Crippen LogP contribution in [0.15, 0.2) is 46.6 Å². The van der Waals surface area contributed by atoms with Crippen molar-refractivity contribution in [3.8, 4) is 0 Å². The predicted molar refractivity (Wildman–Crippen MR) is 91.5 cm³/mol. The van der Waals surface area contributed by atoms with Crippen molar-refractivity contribution in [3.05, 3.63) is 58.3 Å². The van der Waals surface area contributed by atoms with E-state index in [9.17, 15) is 8.78 Å². The molecule has 0 aromatic heterocycles. The lowest BCUT2D eigenvalue weighted by atomic mass is 9.94. The molecule has 24 heavy (non-hydrogen) atoms. The van der Waals surface area contributed by atoms with Crippen LogP contribution >= 0.6 is 0 Å². The molecule has 1 N–H and O–H groups in total. The predicted octanol–water partition coefficient (Wildman–Crippen LogP) is 3.44. The molecular formula is C19H21F2N3. The van der Waals surface area contributed by atoms with Crippen LogP contribution in [0.2, 0.25) is 0 Å². The van der Waals surface area contributed by atoms with E-state index in [2.05, 4.69) is 22.4 Å². The van der Waals surface area contributed by atoms with E-state index in [1.165, 1.54) is 5.57 Å². The molecule has 0 radical (unpaired) electrons. The van der Waals surface area contributed by atoms with Gasteiger partial charge in [0.25, 0.3) is 6.43 Å². The molecular weight excluding hydrogens is 308 g/mol. The number of aliphatic imine (C=N–C) groups is 1. The summed E-state index contributed by atoms with van der Waals surface area (Å²) in [5.41, 5.74) is 4.34. The second-order valence-corrected chi connectivity index (χ2v) is 6.48. The first-order valence-corrected chi connectivity index (χ1v) is 8.56. The van der Waals surface area contributed by atoms with Crippen LogP contribution in [0.1, 0.15) is 36.0 Å². The highest BCUT2D eigenvalue weighted by atomic mass is 19.3. The zero-order chi connectivity index (χ0) is 16.5. The third-order valence-electron chi connectivity index (χ3n) is 4.90. The van der Waals surface area contributed by atoms with Crippen LogP contribution in [0, 0.1) is 0 Å². The van der Waals surface area contributed by atoms with E-state index in [-0.39, 0.29) is 5.56 Å². The van der Waals surface area contributed by atoms with E-state index in [1.807, 2.05) is 6.07 Å². The maximum Gasteiger partial charge on any atom is 0.263 e. The minimum atomic E-state index is -2.44. The second-order valence-electron chi connectivity index (χ2n) is 6.48. The Morgan fingerprint density at radius 2 is 2.00 bits per heavy atom. The van der Waals surface area contributed by atoms with E-state index in [4.69, 9.17) is 4.99 Å².